The van der Waals surface area contributed by atoms with E-state index < -0.39 is 0 Å². The maximum atomic E-state index is 12.9. The Labute approximate surface area is 191 Å². The first-order valence-electron chi connectivity index (χ1n) is 10.4. The van der Waals surface area contributed by atoms with Crippen molar-refractivity contribution in [2.24, 2.45) is 0 Å². The van der Waals surface area contributed by atoms with E-state index in [4.69, 9.17) is 9.47 Å². The number of rotatable bonds is 9. The van der Waals surface area contributed by atoms with Gasteiger partial charge < -0.3 is 19.3 Å². The van der Waals surface area contributed by atoms with E-state index in [-0.39, 0.29) is 49.2 Å². The van der Waals surface area contributed by atoms with Gasteiger partial charge in [0.2, 0.25) is 11.8 Å². The van der Waals surface area contributed by atoms with E-state index in [1.807, 2.05) is 42.5 Å². The number of methoxy groups -OCH3 is 1. The molecule has 3 rings (SSSR count). The number of carbonyl (C=O) groups excluding carboxylic acids is 3. The van der Waals surface area contributed by atoms with Gasteiger partial charge in [0.1, 0.15) is 0 Å². The van der Waals surface area contributed by atoms with Gasteiger partial charge in [-0.15, -0.1) is 11.8 Å². The minimum Gasteiger partial charge on any atom is -0.469 e. The van der Waals surface area contributed by atoms with Crippen molar-refractivity contribution in [1.82, 2.24) is 14.8 Å². The van der Waals surface area contributed by atoms with Crippen LogP contribution in [-0.4, -0.2) is 77.7 Å². The van der Waals surface area contributed by atoms with E-state index in [0.717, 1.165) is 10.5 Å². The largest absolute Gasteiger partial charge is 0.469 e. The second-order valence-electron chi connectivity index (χ2n) is 7.33. The van der Waals surface area contributed by atoms with Crippen LogP contribution >= 0.6 is 11.8 Å². The van der Waals surface area contributed by atoms with Crippen LogP contribution in [0.25, 0.3) is 0 Å². The first kappa shape index (κ1) is 23.7. The molecule has 1 unspecified atom stereocenters. The quantitative estimate of drug-likeness (QED) is 0.420. The number of thioether (sulfide) groups is 1. The molecule has 0 bridgehead atoms. The predicted octanol–water partition coefficient (Wildman–Crippen LogP) is 1.99. The number of amides is 2. The van der Waals surface area contributed by atoms with Crippen molar-refractivity contribution in [3.05, 3.63) is 60.4 Å². The average Bonchev–Trinajstić information content (AvgIpc) is 2.99. The molecule has 32 heavy (non-hydrogen) atoms. The molecule has 1 aromatic carbocycles. The number of pyridine rings is 1. The Bertz CT molecular complexity index is 897. The van der Waals surface area contributed by atoms with E-state index in [1.54, 1.807) is 22.2 Å². The molecule has 2 heterocycles. The number of esters is 1. The Morgan fingerprint density at radius 1 is 1.12 bits per heavy atom. The molecule has 2 amide bonds. The summed E-state index contributed by atoms with van der Waals surface area (Å²) in [5.41, 5.74) is 0.953. The summed E-state index contributed by atoms with van der Waals surface area (Å²) >= 11 is 1.43. The second kappa shape index (κ2) is 12.2. The van der Waals surface area contributed by atoms with Gasteiger partial charge in [0.15, 0.2) is 0 Å². The number of carbonyl (C=O) groups is 3. The zero-order chi connectivity index (χ0) is 22.8. The van der Waals surface area contributed by atoms with Crippen LogP contribution in [0.3, 0.4) is 0 Å². The van der Waals surface area contributed by atoms with Crippen LogP contribution in [0.15, 0.2) is 59.8 Å². The molecule has 0 N–H and O–H groups in total. The van der Waals surface area contributed by atoms with Crippen LogP contribution in [0.5, 0.6) is 0 Å². The number of hydrogen-bond donors (Lipinski definition) is 0. The van der Waals surface area contributed by atoms with Gasteiger partial charge in [-0.1, -0.05) is 18.2 Å². The third kappa shape index (κ3) is 7.35. The molecular weight excluding hydrogens is 430 g/mol. The van der Waals surface area contributed by atoms with E-state index in [2.05, 4.69) is 4.98 Å². The normalized spacial score (nSPS) is 16.5. The molecular formula is C23H27N3O5S. The van der Waals surface area contributed by atoms with Crippen molar-refractivity contribution in [2.75, 3.05) is 39.0 Å². The summed E-state index contributed by atoms with van der Waals surface area (Å²) < 4.78 is 10.8. The Balaban J connectivity index is 1.65. The van der Waals surface area contributed by atoms with Gasteiger partial charge in [-0.25, -0.2) is 0 Å². The lowest BCUT2D eigenvalue weighted by Gasteiger charge is -2.24. The SMILES string of the molecule is COC(=O)CCN1CC(OCc2ccncc2)CN(C(=O)CSc2ccccc2)CC1=O. The molecule has 1 aliphatic rings. The highest BCUT2D eigenvalue weighted by molar-refractivity contribution is 8.00. The number of nitrogens with zero attached hydrogens (tertiary/aromatic N) is 3. The fourth-order valence-corrected chi connectivity index (χ4v) is 4.09. The van der Waals surface area contributed by atoms with Crippen molar-refractivity contribution >= 4 is 29.5 Å². The number of benzene rings is 1. The molecule has 0 radical (unpaired) electrons. The molecule has 8 nitrogen and oxygen atoms in total. The monoisotopic (exact) mass is 457 g/mol. The van der Waals surface area contributed by atoms with Crippen LogP contribution in [0.2, 0.25) is 0 Å². The summed E-state index contributed by atoms with van der Waals surface area (Å²) in [6, 6.07) is 13.4. The summed E-state index contributed by atoms with van der Waals surface area (Å²) in [6.45, 7) is 1.13. The first-order valence-corrected chi connectivity index (χ1v) is 11.3. The van der Waals surface area contributed by atoms with Gasteiger partial charge in [0.05, 0.1) is 38.5 Å². The van der Waals surface area contributed by atoms with Gasteiger partial charge in [-0.2, -0.15) is 0 Å². The van der Waals surface area contributed by atoms with Crippen LogP contribution < -0.4 is 0 Å². The summed E-state index contributed by atoms with van der Waals surface area (Å²) in [4.78, 5) is 45.4. The van der Waals surface area contributed by atoms with E-state index in [9.17, 15) is 14.4 Å². The molecule has 1 saturated heterocycles. The van der Waals surface area contributed by atoms with Gasteiger partial charge in [-0.3, -0.25) is 19.4 Å². The summed E-state index contributed by atoms with van der Waals surface area (Å²) in [5.74, 6) is -0.485. The zero-order valence-electron chi connectivity index (χ0n) is 18.0. The summed E-state index contributed by atoms with van der Waals surface area (Å²) in [6.07, 6.45) is 3.10. The van der Waals surface area contributed by atoms with Crippen LogP contribution in [0.1, 0.15) is 12.0 Å². The molecule has 0 saturated carbocycles. The molecule has 9 heteroatoms. The van der Waals surface area contributed by atoms with Crippen molar-refractivity contribution in [3.8, 4) is 0 Å². The zero-order valence-corrected chi connectivity index (χ0v) is 18.8. The van der Waals surface area contributed by atoms with Crippen LogP contribution in [-0.2, 0) is 30.5 Å². The fourth-order valence-electron chi connectivity index (χ4n) is 3.26. The smallest absolute Gasteiger partial charge is 0.307 e. The standard InChI is InChI=1S/C23H27N3O5S/c1-30-23(29)9-12-25-13-19(31-16-18-7-10-24-11-8-18)14-26(15-21(25)27)22(28)17-32-20-5-3-2-4-6-20/h2-8,10-11,19H,9,12-17H2,1H3. The Morgan fingerprint density at radius 3 is 2.59 bits per heavy atom. The fraction of sp³-hybridized carbons (Fsp3) is 0.391. The van der Waals surface area contributed by atoms with Gasteiger partial charge in [0.25, 0.3) is 0 Å². The maximum absolute atomic E-state index is 12.9. The van der Waals surface area contributed by atoms with Crippen LogP contribution in [0, 0.1) is 0 Å². The molecule has 1 fully saturated rings. The third-order valence-corrected chi connectivity index (χ3v) is 6.03. The highest BCUT2D eigenvalue weighted by atomic mass is 32.2. The topological polar surface area (TPSA) is 89.0 Å². The number of aromatic nitrogens is 1. The lowest BCUT2D eigenvalue weighted by atomic mass is 10.2. The Hall–Kier alpha value is -2.91. The van der Waals surface area contributed by atoms with Gasteiger partial charge in [0, 0.05) is 36.9 Å². The third-order valence-electron chi connectivity index (χ3n) is 5.03. The summed E-state index contributed by atoms with van der Waals surface area (Å²) in [5, 5.41) is 0. The van der Waals surface area contributed by atoms with Crippen molar-refractivity contribution in [3.63, 3.8) is 0 Å². The molecule has 170 valence electrons. The van der Waals surface area contributed by atoms with Crippen molar-refractivity contribution < 1.29 is 23.9 Å². The first-order chi connectivity index (χ1) is 15.5. The molecule has 0 spiro atoms. The predicted molar refractivity (Wildman–Crippen MR) is 120 cm³/mol. The maximum Gasteiger partial charge on any atom is 0.307 e. The van der Waals surface area contributed by atoms with Crippen LogP contribution in [0.4, 0.5) is 0 Å². The minimum atomic E-state index is -0.386. The number of hydrogen-bond acceptors (Lipinski definition) is 7. The Morgan fingerprint density at radius 2 is 1.88 bits per heavy atom. The van der Waals surface area contributed by atoms with Crippen molar-refractivity contribution in [2.45, 2.75) is 24.0 Å². The molecule has 1 aromatic heterocycles. The van der Waals surface area contributed by atoms with E-state index in [1.165, 1.54) is 18.9 Å². The highest BCUT2D eigenvalue weighted by Crippen LogP contribution is 2.19. The van der Waals surface area contributed by atoms with Gasteiger partial charge >= 0.3 is 5.97 Å². The second-order valence-corrected chi connectivity index (χ2v) is 8.38. The lowest BCUT2D eigenvalue weighted by molar-refractivity contribution is -0.142. The molecule has 0 aliphatic carbocycles. The summed E-state index contributed by atoms with van der Waals surface area (Å²) in [7, 11) is 1.32. The molecule has 1 atom stereocenters. The minimum absolute atomic E-state index is 0.0372. The number of ether oxygens (including phenoxy) is 2. The Kier molecular flexibility index (Phi) is 9.06. The average molecular weight is 458 g/mol. The lowest BCUT2D eigenvalue weighted by Crippen LogP contribution is -2.40. The highest BCUT2D eigenvalue weighted by Gasteiger charge is 2.31. The molecule has 1 aliphatic heterocycles. The molecule has 2 aromatic rings. The van der Waals surface area contributed by atoms with E-state index in [0.29, 0.717) is 19.7 Å². The van der Waals surface area contributed by atoms with Crippen molar-refractivity contribution in [1.29, 1.82) is 0 Å². The van der Waals surface area contributed by atoms with E-state index >= 15 is 0 Å². The van der Waals surface area contributed by atoms with Gasteiger partial charge in [-0.05, 0) is 29.8 Å².